The lowest BCUT2D eigenvalue weighted by Crippen LogP contribution is -2.35. The van der Waals surface area contributed by atoms with Gasteiger partial charge in [0.1, 0.15) is 5.44 Å². The maximum atomic E-state index is 11.9. The average Bonchev–Trinajstić information content (AvgIpc) is 3.59. The van der Waals surface area contributed by atoms with Gasteiger partial charge in [-0.2, -0.15) is 0 Å². The minimum Gasteiger partial charge on any atom is -0.381 e. The zero-order valence-corrected chi connectivity index (χ0v) is 22.3. The molecule has 1 N–H and O–H groups in total. The van der Waals surface area contributed by atoms with Gasteiger partial charge in [0.05, 0.1) is 43.1 Å². The van der Waals surface area contributed by atoms with Gasteiger partial charge in [0.15, 0.2) is 0 Å². The van der Waals surface area contributed by atoms with Gasteiger partial charge >= 0.3 is 0 Å². The quantitative estimate of drug-likeness (QED) is 0.205. The number of rotatable bonds is 11. The van der Waals surface area contributed by atoms with Gasteiger partial charge in [0, 0.05) is 5.92 Å². The molecule has 7 heteroatoms. The number of hydrogen-bond acceptors (Lipinski definition) is 6. The normalized spacial score (nSPS) is 20.4. The van der Waals surface area contributed by atoms with Crippen molar-refractivity contribution in [2.75, 3.05) is 12.3 Å². The van der Waals surface area contributed by atoms with Crippen molar-refractivity contribution in [2.45, 2.75) is 37.8 Å². The molecular weight excluding hydrogens is 498 g/mol. The number of ether oxygens (including phenoxy) is 2. The summed E-state index contributed by atoms with van der Waals surface area (Å²) in [5, 5.41) is 9.64. The van der Waals surface area contributed by atoms with E-state index in [1.165, 1.54) is 22.9 Å². The standard InChI is InChI=1S/C19H20O2.C12H13NO3S/c1-2-17-18(20-13-15-9-5-3-6-10-15)19(17)21-14-16-11-7-4-8-12-16;1-2-17-10(14)7-13-11(15)8-5-3-4-6-9(8)12(13)16/h2-12,17-19H,1,13-14H2;3-6,10,14H,2,7H2,1H3. The van der Waals surface area contributed by atoms with Crippen molar-refractivity contribution in [2.24, 2.45) is 5.92 Å². The molecule has 1 aliphatic heterocycles. The third-order valence-electron chi connectivity index (χ3n) is 6.36. The fraction of sp³-hybridized carbons (Fsp3) is 0.290. The van der Waals surface area contributed by atoms with Crippen LogP contribution in [-0.2, 0) is 22.7 Å². The first kappa shape index (κ1) is 27.8. The zero-order chi connectivity index (χ0) is 26.9. The second-order valence-corrected chi connectivity index (χ2v) is 10.5. The Morgan fingerprint density at radius 1 is 0.842 bits per heavy atom. The fourth-order valence-corrected chi connectivity index (χ4v) is 4.94. The van der Waals surface area contributed by atoms with E-state index >= 15 is 0 Å². The van der Waals surface area contributed by atoms with Crippen molar-refractivity contribution in [1.82, 2.24) is 4.90 Å². The van der Waals surface area contributed by atoms with E-state index in [1.54, 1.807) is 24.3 Å². The third-order valence-corrected chi connectivity index (χ3v) is 7.23. The summed E-state index contributed by atoms with van der Waals surface area (Å²) in [6.45, 7) is 7.08. The SMILES string of the molecule is C=CC1C(OCc2ccccc2)C1OCc1ccccc1.CCSC(O)CN1C(=O)c2ccccc2C1=O. The molecule has 3 unspecified atom stereocenters. The zero-order valence-electron chi connectivity index (χ0n) is 21.4. The molecule has 1 heterocycles. The number of aliphatic hydroxyl groups excluding tert-OH is 1. The van der Waals surface area contributed by atoms with Crippen LogP contribution < -0.4 is 0 Å². The monoisotopic (exact) mass is 531 g/mol. The lowest BCUT2D eigenvalue weighted by Gasteiger charge is -2.17. The molecule has 198 valence electrons. The predicted octanol–water partition coefficient (Wildman–Crippen LogP) is 5.33. The van der Waals surface area contributed by atoms with Gasteiger partial charge < -0.3 is 14.6 Å². The van der Waals surface area contributed by atoms with Gasteiger partial charge in [-0.15, -0.1) is 18.3 Å². The van der Waals surface area contributed by atoms with Gasteiger partial charge in [0.2, 0.25) is 0 Å². The molecule has 0 radical (unpaired) electrons. The van der Waals surface area contributed by atoms with Crippen molar-refractivity contribution in [3.05, 3.63) is 120 Å². The summed E-state index contributed by atoms with van der Waals surface area (Å²) in [6.07, 6.45) is 2.20. The van der Waals surface area contributed by atoms with Crippen LogP contribution in [0.4, 0.5) is 0 Å². The number of nitrogens with zero attached hydrogens (tertiary/aromatic N) is 1. The number of amides is 2. The Morgan fingerprint density at radius 3 is 1.71 bits per heavy atom. The second-order valence-electron chi connectivity index (χ2n) is 9.01. The molecular formula is C31H33NO5S. The van der Waals surface area contributed by atoms with E-state index in [4.69, 9.17) is 9.47 Å². The molecule has 3 aromatic rings. The summed E-state index contributed by atoms with van der Waals surface area (Å²) in [5.74, 6) is 0.407. The number of thioether (sulfide) groups is 1. The average molecular weight is 532 g/mol. The number of aliphatic hydroxyl groups is 1. The molecule has 1 aliphatic carbocycles. The van der Waals surface area contributed by atoms with Crippen LogP contribution in [0.15, 0.2) is 97.6 Å². The van der Waals surface area contributed by atoms with Crippen molar-refractivity contribution in [3.8, 4) is 0 Å². The molecule has 1 fully saturated rings. The molecule has 0 spiro atoms. The molecule has 3 atom stereocenters. The Kier molecular flexibility index (Phi) is 9.90. The van der Waals surface area contributed by atoms with Crippen LogP contribution in [0.5, 0.6) is 0 Å². The minimum atomic E-state index is -0.720. The highest BCUT2D eigenvalue weighted by Gasteiger charge is 2.50. The smallest absolute Gasteiger partial charge is 0.261 e. The highest BCUT2D eigenvalue weighted by atomic mass is 32.2. The highest BCUT2D eigenvalue weighted by molar-refractivity contribution is 7.99. The largest absolute Gasteiger partial charge is 0.381 e. The fourth-order valence-electron chi connectivity index (χ4n) is 4.30. The highest BCUT2D eigenvalue weighted by Crippen LogP contribution is 2.39. The Labute approximate surface area is 228 Å². The van der Waals surface area contributed by atoms with E-state index in [0.29, 0.717) is 30.3 Å². The number of fused-ring (bicyclic) bond motifs is 1. The molecule has 2 amide bonds. The topological polar surface area (TPSA) is 76.1 Å². The van der Waals surface area contributed by atoms with Crippen LogP contribution in [0.3, 0.4) is 0 Å². The van der Waals surface area contributed by atoms with Gasteiger partial charge in [-0.3, -0.25) is 14.5 Å². The molecule has 0 aromatic heterocycles. The first-order valence-corrected chi connectivity index (χ1v) is 13.8. The van der Waals surface area contributed by atoms with Crippen LogP contribution in [0, 0.1) is 5.92 Å². The van der Waals surface area contributed by atoms with Crippen molar-refractivity contribution in [1.29, 1.82) is 0 Å². The maximum Gasteiger partial charge on any atom is 0.261 e. The summed E-state index contributed by atoms with van der Waals surface area (Å²) in [5.41, 5.74) is 2.50. The van der Waals surface area contributed by atoms with Gasteiger partial charge in [-0.25, -0.2) is 0 Å². The summed E-state index contributed by atoms with van der Waals surface area (Å²) in [6, 6.07) is 27.2. The van der Waals surface area contributed by atoms with Crippen LogP contribution in [0.2, 0.25) is 0 Å². The number of carbonyl (C=O) groups excluding carboxylic acids is 2. The lowest BCUT2D eigenvalue weighted by atomic mass is 10.1. The van der Waals surface area contributed by atoms with Crippen LogP contribution in [0.25, 0.3) is 0 Å². The second kappa shape index (κ2) is 13.5. The first-order chi connectivity index (χ1) is 18.5. The number of carbonyl (C=O) groups is 2. The summed E-state index contributed by atoms with van der Waals surface area (Å²) < 4.78 is 11.9. The van der Waals surface area contributed by atoms with E-state index in [0.717, 1.165) is 10.7 Å². The Morgan fingerprint density at radius 2 is 1.29 bits per heavy atom. The van der Waals surface area contributed by atoms with E-state index in [9.17, 15) is 14.7 Å². The van der Waals surface area contributed by atoms with E-state index in [2.05, 4.69) is 30.8 Å². The maximum absolute atomic E-state index is 11.9. The molecule has 38 heavy (non-hydrogen) atoms. The predicted molar refractivity (Wildman–Crippen MR) is 150 cm³/mol. The number of β-amino-alcohol motifs (C(OH)–C–C–N with tert-alkyl or cyclic N) is 1. The number of hydrogen-bond donors (Lipinski definition) is 1. The van der Waals surface area contributed by atoms with Crippen LogP contribution >= 0.6 is 11.8 Å². The summed E-state index contributed by atoms with van der Waals surface area (Å²) >= 11 is 1.31. The Hall–Kier alpha value is -3.23. The lowest BCUT2D eigenvalue weighted by molar-refractivity contribution is 0.0291. The van der Waals surface area contributed by atoms with Crippen molar-refractivity contribution >= 4 is 23.6 Å². The van der Waals surface area contributed by atoms with Crippen molar-refractivity contribution in [3.63, 3.8) is 0 Å². The van der Waals surface area contributed by atoms with Crippen LogP contribution in [-0.4, -0.2) is 51.8 Å². The molecule has 5 rings (SSSR count). The van der Waals surface area contributed by atoms with Crippen LogP contribution in [0.1, 0.15) is 38.8 Å². The first-order valence-electron chi connectivity index (χ1n) is 12.7. The van der Waals surface area contributed by atoms with Crippen molar-refractivity contribution < 1.29 is 24.2 Å². The number of imide groups is 1. The van der Waals surface area contributed by atoms with E-state index in [-0.39, 0.29) is 30.6 Å². The van der Waals surface area contributed by atoms with E-state index < -0.39 is 5.44 Å². The molecule has 3 aromatic carbocycles. The summed E-state index contributed by atoms with van der Waals surface area (Å²) in [7, 11) is 0. The Bertz CT molecular complexity index is 1130. The molecule has 6 nitrogen and oxygen atoms in total. The molecule has 0 bridgehead atoms. The van der Waals surface area contributed by atoms with Gasteiger partial charge in [0.25, 0.3) is 11.8 Å². The molecule has 1 saturated carbocycles. The van der Waals surface area contributed by atoms with E-state index in [1.807, 2.05) is 49.4 Å². The van der Waals surface area contributed by atoms with Gasteiger partial charge in [-0.1, -0.05) is 85.8 Å². The number of benzene rings is 3. The summed E-state index contributed by atoms with van der Waals surface area (Å²) in [4.78, 5) is 25.0. The molecule has 0 saturated heterocycles. The third kappa shape index (κ3) is 6.99. The minimum absolute atomic E-state index is 0.0465. The Balaban J connectivity index is 0.000000181. The molecule has 2 aliphatic rings. The van der Waals surface area contributed by atoms with Gasteiger partial charge in [-0.05, 0) is 29.0 Å².